The second kappa shape index (κ2) is 8.01. The molecule has 6 heteroatoms. The Morgan fingerprint density at radius 2 is 1.71 bits per heavy atom. The Labute approximate surface area is 140 Å². The van der Waals surface area contributed by atoms with E-state index in [1.165, 1.54) is 0 Å². The molecule has 24 heavy (non-hydrogen) atoms. The van der Waals surface area contributed by atoms with Crippen LogP contribution in [-0.2, 0) is 9.59 Å². The normalized spacial score (nSPS) is 10.1. The molecular formula is C18H19NO5. The molecule has 0 atom stereocenters. The van der Waals surface area contributed by atoms with Crippen LogP contribution in [0.25, 0.3) is 0 Å². The van der Waals surface area contributed by atoms with E-state index in [2.05, 4.69) is 5.32 Å². The van der Waals surface area contributed by atoms with Gasteiger partial charge in [0.1, 0.15) is 17.2 Å². The highest BCUT2D eigenvalue weighted by molar-refractivity contribution is 5.92. The number of ether oxygens (including phenoxy) is 2. The number of hydrogen-bond donors (Lipinski definition) is 2. The Hall–Kier alpha value is -3.02. The molecule has 0 aliphatic heterocycles. The average molecular weight is 329 g/mol. The second-order valence-electron chi connectivity index (χ2n) is 5.20. The Bertz CT molecular complexity index is 725. The van der Waals surface area contributed by atoms with Gasteiger partial charge in [-0.3, -0.25) is 9.59 Å². The molecule has 0 bridgehead atoms. The first-order valence-corrected chi connectivity index (χ1v) is 7.42. The highest BCUT2D eigenvalue weighted by Crippen LogP contribution is 2.28. The van der Waals surface area contributed by atoms with Crippen molar-refractivity contribution < 1.29 is 24.2 Å². The maximum Gasteiger partial charge on any atom is 0.303 e. The monoisotopic (exact) mass is 329 g/mol. The smallest absolute Gasteiger partial charge is 0.303 e. The van der Waals surface area contributed by atoms with Crippen molar-refractivity contribution in [3.63, 3.8) is 0 Å². The van der Waals surface area contributed by atoms with E-state index in [0.29, 0.717) is 17.2 Å². The summed E-state index contributed by atoms with van der Waals surface area (Å²) in [5, 5.41) is 11.2. The van der Waals surface area contributed by atoms with Crippen molar-refractivity contribution in [1.29, 1.82) is 0 Å². The molecule has 126 valence electrons. The van der Waals surface area contributed by atoms with Gasteiger partial charge in [0.05, 0.1) is 13.5 Å². The van der Waals surface area contributed by atoms with Crippen LogP contribution in [0.4, 0.5) is 5.69 Å². The molecule has 0 aliphatic rings. The lowest BCUT2D eigenvalue weighted by Gasteiger charge is -2.11. The van der Waals surface area contributed by atoms with Gasteiger partial charge >= 0.3 is 5.97 Å². The minimum absolute atomic E-state index is 0.0571. The molecule has 0 unspecified atom stereocenters. The zero-order valence-electron chi connectivity index (χ0n) is 13.5. The predicted octanol–water partition coefficient (Wildman–Crippen LogP) is 3.60. The number of anilines is 1. The summed E-state index contributed by atoms with van der Waals surface area (Å²) in [7, 11) is 1.60. The molecule has 0 heterocycles. The largest absolute Gasteiger partial charge is 0.497 e. The highest BCUT2D eigenvalue weighted by atomic mass is 16.5. The van der Waals surface area contributed by atoms with Gasteiger partial charge in [0.25, 0.3) is 0 Å². The van der Waals surface area contributed by atoms with Gasteiger partial charge in [0.15, 0.2) is 0 Å². The van der Waals surface area contributed by atoms with E-state index in [1.807, 2.05) is 19.1 Å². The first kappa shape index (κ1) is 17.3. The van der Waals surface area contributed by atoms with Crippen LogP contribution in [0.5, 0.6) is 17.2 Å². The third-order valence-electron chi connectivity index (χ3n) is 3.31. The summed E-state index contributed by atoms with van der Waals surface area (Å²) in [6.07, 6.45) is -0.248. The van der Waals surface area contributed by atoms with E-state index in [9.17, 15) is 9.59 Å². The number of amides is 1. The molecule has 0 saturated carbocycles. The number of methoxy groups -OCH3 is 1. The first-order valence-electron chi connectivity index (χ1n) is 7.42. The zero-order valence-corrected chi connectivity index (χ0v) is 13.5. The fourth-order valence-electron chi connectivity index (χ4n) is 2.06. The molecule has 0 aliphatic carbocycles. The van der Waals surface area contributed by atoms with Crippen LogP contribution in [0.1, 0.15) is 18.4 Å². The van der Waals surface area contributed by atoms with Crippen molar-refractivity contribution >= 4 is 17.6 Å². The first-order chi connectivity index (χ1) is 11.5. The Kier molecular flexibility index (Phi) is 5.78. The quantitative estimate of drug-likeness (QED) is 0.811. The van der Waals surface area contributed by atoms with Crippen molar-refractivity contribution in [2.75, 3.05) is 12.4 Å². The number of carbonyl (C=O) groups excluding carboxylic acids is 1. The van der Waals surface area contributed by atoms with Crippen molar-refractivity contribution in [2.45, 2.75) is 19.8 Å². The Morgan fingerprint density at radius 1 is 1.04 bits per heavy atom. The predicted molar refractivity (Wildman–Crippen MR) is 89.7 cm³/mol. The van der Waals surface area contributed by atoms with Crippen molar-refractivity contribution in [1.82, 2.24) is 0 Å². The highest BCUT2D eigenvalue weighted by Gasteiger charge is 2.08. The lowest BCUT2D eigenvalue weighted by molar-refractivity contribution is -0.138. The molecule has 0 radical (unpaired) electrons. The summed E-state index contributed by atoms with van der Waals surface area (Å²) in [5.74, 6) is 0.768. The van der Waals surface area contributed by atoms with E-state index < -0.39 is 5.97 Å². The summed E-state index contributed by atoms with van der Waals surface area (Å²) >= 11 is 0. The van der Waals surface area contributed by atoms with E-state index in [1.54, 1.807) is 37.4 Å². The van der Waals surface area contributed by atoms with Gasteiger partial charge in [-0.1, -0.05) is 0 Å². The second-order valence-corrected chi connectivity index (χ2v) is 5.20. The Morgan fingerprint density at radius 3 is 2.29 bits per heavy atom. The van der Waals surface area contributed by atoms with Crippen LogP contribution < -0.4 is 14.8 Å². The fraction of sp³-hybridized carbons (Fsp3) is 0.222. The van der Waals surface area contributed by atoms with Gasteiger partial charge in [-0.15, -0.1) is 0 Å². The van der Waals surface area contributed by atoms with E-state index in [0.717, 1.165) is 11.3 Å². The molecule has 0 saturated heterocycles. The van der Waals surface area contributed by atoms with Gasteiger partial charge in [-0.25, -0.2) is 0 Å². The summed E-state index contributed by atoms with van der Waals surface area (Å²) in [6, 6.07) is 12.5. The number of carbonyl (C=O) groups is 2. The Balaban J connectivity index is 2.00. The summed E-state index contributed by atoms with van der Waals surface area (Å²) in [5.41, 5.74) is 1.45. The van der Waals surface area contributed by atoms with E-state index >= 15 is 0 Å². The number of hydrogen-bond acceptors (Lipinski definition) is 4. The van der Waals surface area contributed by atoms with E-state index in [-0.39, 0.29) is 18.7 Å². The number of carboxylic acids is 1. The minimum atomic E-state index is -0.996. The molecule has 2 aromatic rings. The number of rotatable bonds is 7. The maximum atomic E-state index is 11.6. The molecule has 2 aromatic carbocycles. The number of benzene rings is 2. The van der Waals surface area contributed by atoms with Crippen molar-refractivity contribution in [3.8, 4) is 17.2 Å². The minimum Gasteiger partial charge on any atom is -0.497 e. The zero-order chi connectivity index (χ0) is 17.5. The van der Waals surface area contributed by atoms with Crippen molar-refractivity contribution in [2.24, 2.45) is 0 Å². The molecule has 0 aromatic heterocycles. The van der Waals surface area contributed by atoms with Crippen LogP contribution in [0.2, 0.25) is 0 Å². The summed E-state index contributed by atoms with van der Waals surface area (Å²) in [6.45, 7) is 1.87. The van der Waals surface area contributed by atoms with Gasteiger partial charge in [-0.05, 0) is 55.0 Å². The number of carboxylic acid groups (broad SMARTS) is 1. The van der Waals surface area contributed by atoms with Crippen LogP contribution in [0, 0.1) is 6.92 Å². The lowest BCUT2D eigenvalue weighted by atomic mass is 10.2. The van der Waals surface area contributed by atoms with Gasteiger partial charge in [-0.2, -0.15) is 0 Å². The molecule has 0 fully saturated rings. The molecule has 2 N–H and O–H groups in total. The van der Waals surface area contributed by atoms with Crippen LogP contribution in [0.3, 0.4) is 0 Å². The SMILES string of the molecule is COc1ccc(Oc2ccc(NC(=O)CCC(=O)O)cc2C)cc1. The molecule has 6 nitrogen and oxygen atoms in total. The number of aliphatic carboxylic acids is 1. The van der Waals surface area contributed by atoms with Gasteiger partial charge < -0.3 is 19.9 Å². The van der Waals surface area contributed by atoms with Crippen LogP contribution in [0.15, 0.2) is 42.5 Å². The summed E-state index contributed by atoms with van der Waals surface area (Å²) in [4.78, 5) is 22.1. The molecular weight excluding hydrogens is 310 g/mol. The standard InChI is InChI=1S/C18H19NO5/c1-12-11-13(19-17(20)9-10-18(21)22)3-8-16(12)24-15-6-4-14(23-2)5-7-15/h3-8,11H,9-10H2,1-2H3,(H,19,20)(H,21,22). The maximum absolute atomic E-state index is 11.6. The van der Waals surface area contributed by atoms with Gasteiger partial charge in [0, 0.05) is 12.1 Å². The average Bonchev–Trinajstić information content (AvgIpc) is 2.56. The van der Waals surface area contributed by atoms with Crippen LogP contribution in [-0.4, -0.2) is 24.1 Å². The van der Waals surface area contributed by atoms with Gasteiger partial charge in [0.2, 0.25) is 5.91 Å². The topological polar surface area (TPSA) is 84.9 Å². The third-order valence-corrected chi connectivity index (χ3v) is 3.31. The lowest BCUT2D eigenvalue weighted by Crippen LogP contribution is -2.13. The van der Waals surface area contributed by atoms with Crippen molar-refractivity contribution in [3.05, 3.63) is 48.0 Å². The number of aryl methyl sites for hydroxylation is 1. The van der Waals surface area contributed by atoms with E-state index in [4.69, 9.17) is 14.6 Å². The fourth-order valence-corrected chi connectivity index (χ4v) is 2.06. The molecule has 1 amide bonds. The number of nitrogens with one attached hydrogen (secondary N) is 1. The molecule has 0 spiro atoms. The molecule has 2 rings (SSSR count). The van der Waals surface area contributed by atoms with Crippen LogP contribution >= 0.6 is 0 Å². The summed E-state index contributed by atoms with van der Waals surface area (Å²) < 4.78 is 10.9. The third kappa shape index (κ3) is 5.01.